The van der Waals surface area contributed by atoms with Crippen LogP contribution in [0, 0.1) is 0 Å². The third kappa shape index (κ3) is 4.55. The first-order valence-electron chi connectivity index (χ1n) is 8.05. The predicted octanol–water partition coefficient (Wildman–Crippen LogP) is 3.29. The molecule has 1 fully saturated rings. The molecule has 0 aromatic heterocycles. The van der Waals surface area contributed by atoms with Crippen molar-refractivity contribution in [2.45, 2.75) is 56.4 Å². The van der Waals surface area contributed by atoms with E-state index in [-0.39, 0.29) is 5.75 Å². The van der Waals surface area contributed by atoms with Gasteiger partial charge in [-0.05, 0) is 63.4 Å². The summed E-state index contributed by atoms with van der Waals surface area (Å²) in [5, 5.41) is 0. The van der Waals surface area contributed by atoms with Crippen LogP contribution in [0.4, 0.5) is 0 Å². The predicted molar refractivity (Wildman–Crippen MR) is 87.4 cm³/mol. The highest BCUT2D eigenvalue weighted by Gasteiger charge is 2.21. The summed E-state index contributed by atoms with van der Waals surface area (Å²) in [5.41, 5.74) is 1.21. The molecule has 2 rings (SSSR count). The van der Waals surface area contributed by atoms with Crippen LogP contribution in [-0.4, -0.2) is 38.7 Å². The Labute approximate surface area is 129 Å². The fourth-order valence-corrected chi connectivity index (χ4v) is 4.46. The normalized spacial score (nSPS) is 20.0. The van der Waals surface area contributed by atoms with E-state index in [9.17, 15) is 8.42 Å². The second-order valence-corrected chi connectivity index (χ2v) is 8.24. The van der Waals surface area contributed by atoms with Gasteiger partial charge in [0.15, 0.2) is 9.84 Å². The van der Waals surface area contributed by atoms with Gasteiger partial charge < -0.3 is 4.90 Å². The van der Waals surface area contributed by atoms with E-state index in [1.54, 1.807) is 12.1 Å². The number of nitrogens with zero attached hydrogens (tertiary/aromatic N) is 1. The van der Waals surface area contributed by atoms with Crippen molar-refractivity contribution in [2.75, 3.05) is 19.3 Å². The smallest absolute Gasteiger partial charge is 0.178 e. The maximum atomic E-state index is 12.3. The zero-order valence-corrected chi connectivity index (χ0v) is 14.0. The topological polar surface area (TPSA) is 37.4 Å². The second-order valence-electron chi connectivity index (χ2n) is 6.13. The van der Waals surface area contributed by atoms with Gasteiger partial charge in [0.25, 0.3) is 0 Å². The Morgan fingerprint density at radius 1 is 1.24 bits per heavy atom. The van der Waals surface area contributed by atoms with E-state index >= 15 is 0 Å². The molecule has 1 unspecified atom stereocenters. The number of sulfone groups is 1. The van der Waals surface area contributed by atoms with Crippen LogP contribution in [-0.2, 0) is 16.3 Å². The Morgan fingerprint density at radius 3 is 2.52 bits per heavy atom. The zero-order chi connectivity index (χ0) is 15.3. The maximum absolute atomic E-state index is 12.3. The molecule has 0 N–H and O–H groups in total. The molecular weight excluding hydrogens is 282 g/mol. The summed E-state index contributed by atoms with van der Waals surface area (Å²) < 4.78 is 24.7. The number of aryl methyl sites for hydroxylation is 1. The lowest BCUT2D eigenvalue weighted by Crippen LogP contribution is -2.25. The van der Waals surface area contributed by atoms with Crippen LogP contribution in [0.15, 0.2) is 29.2 Å². The van der Waals surface area contributed by atoms with Crippen molar-refractivity contribution < 1.29 is 8.42 Å². The summed E-state index contributed by atoms with van der Waals surface area (Å²) in [6.45, 7) is 3.28. The monoisotopic (exact) mass is 309 g/mol. The minimum atomic E-state index is -3.12. The highest BCUT2D eigenvalue weighted by Crippen LogP contribution is 2.21. The first-order chi connectivity index (χ1) is 10.0. The van der Waals surface area contributed by atoms with Gasteiger partial charge in [-0.1, -0.05) is 25.5 Å². The van der Waals surface area contributed by atoms with E-state index in [0.717, 1.165) is 32.2 Å². The Balaban J connectivity index is 1.88. The van der Waals surface area contributed by atoms with Crippen molar-refractivity contribution in [3.63, 3.8) is 0 Å². The van der Waals surface area contributed by atoms with E-state index in [1.165, 1.54) is 18.4 Å². The number of hydrogen-bond acceptors (Lipinski definition) is 3. The molecule has 1 heterocycles. The quantitative estimate of drug-likeness (QED) is 0.775. The summed E-state index contributed by atoms with van der Waals surface area (Å²) in [6.07, 6.45) is 6.29. The molecule has 1 atom stereocenters. The molecule has 1 aromatic rings. The molecule has 21 heavy (non-hydrogen) atoms. The molecule has 4 heteroatoms. The summed E-state index contributed by atoms with van der Waals surface area (Å²) in [6, 6.07) is 8.00. The lowest BCUT2D eigenvalue weighted by molar-refractivity contribution is 0.295. The van der Waals surface area contributed by atoms with Gasteiger partial charge in [0.05, 0.1) is 10.6 Å². The van der Waals surface area contributed by atoms with Crippen LogP contribution in [0.25, 0.3) is 0 Å². The first kappa shape index (κ1) is 16.5. The lowest BCUT2D eigenvalue weighted by atomic mass is 10.1. The number of likely N-dealkylation sites (tertiary alicyclic amines) is 1. The van der Waals surface area contributed by atoms with Gasteiger partial charge in [-0.2, -0.15) is 0 Å². The summed E-state index contributed by atoms with van der Waals surface area (Å²) in [5.74, 6) is 0.268. The van der Waals surface area contributed by atoms with Crippen LogP contribution in [0.3, 0.4) is 0 Å². The van der Waals surface area contributed by atoms with Crippen molar-refractivity contribution in [1.29, 1.82) is 0 Å². The second kappa shape index (κ2) is 7.41. The highest BCUT2D eigenvalue weighted by atomic mass is 32.2. The minimum absolute atomic E-state index is 0.268. The number of hydrogen-bond donors (Lipinski definition) is 0. The molecule has 0 spiro atoms. The molecule has 0 radical (unpaired) electrons. The number of rotatable bonds is 7. The van der Waals surface area contributed by atoms with Crippen molar-refractivity contribution in [1.82, 2.24) is 4.90 Å². The molecule has 1 aromatic carbocycles. The molecule has 0 saturated carbocycles. The van der Waals surface area contributed by atoms with Crippen molar-refractivity contribution in [3.8, 4) is 0 Å². The molecular formula is C17H27NO2S. The minimum Gasteiger partial charge on any atom is -0.303 e. The fraction of sp³-hybridized carbons (Fsp3) is 0.647. The van der Waals surface area contributed by atoms with E-state index in [4.69, 9.17) is 0 Å². The molecule has 0 amide bonds. The summed E-state index contributed by atoms with van der Waals surface area (Å²) in [7, 11) is -0.982. The van der Waals surface area contributed by atoms with Crippen molar-refractivity contribution in [2.24, 2.45) is 0 Å². The van der Waals surface area contributed by atoms with Crippen LogP contribution in [0.2, 0.25) is 0 Å². The maximum Gasteiger partial charge on any atom is 0.178 e. The third-order valence-electron chi connectivity index (χ3n) is 4.44. The van der Waals surface area contributed by atoms with Gasteiger partial charge >= 0.3 is 0 Å². The molecule has 0 bridgehead atoms. The van der Waals surface area contributed by atoms with Gasteiger partial charge in [-0.25, -0.2) is 8.42 Å². The van der Waals surface area contributed by atoms with E-state index < -0.39 is 9.84 Å². The first-order valence-corrected chi connectivity index (χ1v) is 9.70. The number of benzene rings is 1. The van der Waals surface area contributed by atoms with Gasteiger partial charge in [-0.15, -0.1) is 0 Å². The summed E-state index contributed by atoms with van der Waals surface area (Å²) >= 11 is 0. The Hall–Kier alpha value is -0.870. The summed E-state index contributed by atoms with van der Waals surface area (Å²) in [4.78, 5) is 2.83. The SMILES string of the molecule is CCCc1ccc(S(=O)(=O)CCCC2CCCN2C)cc1. The molecule has 1 aliphatic rings. The zero-order valence-electron chi connectivity index (χ0n) is 13.2. The standard InChI is InChI=1S/C17H27NO2S/c1-3-6-15-9-11-17(12-10-15)21(19,20)14-5-8-16-7-4-13-18(16)2/h9-12,16H,3-8,13-14H2,1-2H3. The molecule has 3 nitrogen and oxygen atoms in total. The average molecular weight is 309 g/mol. The Kier molecular flexibility index (Phi) is 5.82. The molecule has 0 aliphatic carbocycles. The Morgan fingerprint density at radius 2 is 1.95 bits per heavy atom. The van der Waals surface area contributed by atoms with Gasteiger partial charge in [0.2, 0.25) is 0 Å². The van der Waals surface area contributed by atoms with Crippen molar-refractivity contribution in [3.05, 3.63) is 29.8 Å². The Bertz CT molecular complexity index is 536. The van der Waals surface area contributed by atoms with Gasteiger partial charge in [0, 0.05) is 6.04 Å². The van der Waals surface area contributed by atoms with Gasteiger partial charge in [0.1, 0.15) is 0 Å². The average Bonchev–Trinajstić information content (AvgIpc) is 2.85. The largest absolute Gasteiger partial charge is 0.303 e. The lowest BCUT2D eigenvalue weighted by Gasteiger charge is -2.18. The van der Waals surface area contributed by atoms with Crippen LogP contribution in [0.1, 0.15) is 44.6 Å². The van der Waals surface area contributed by atoms with Crippen LogP contribution < -0.4 is 0 Å². The van der Waals surface area contributed by atoms with E-state index in [0.29, 0.717) is 10.9 Å². The third-order valence-corrected chi connectivity index (χ3v) is 6.26. The molecule has 1 aliphatic heterocycles. The highest BCUT2D eigenvalue weighted by molar-refractivity contribution is 7.91. The van der Waals surface area contributed by atoms with E-state index in [1.807, 2.05) is 12.1 Å². The van der Waals surface area contributed by atoms with Crippen LogP contribution in [0.5, 0.6) is 0 Å². The van der Waals surface area contributed by atoms with E-state index in [2.05, 4.69) is 18.9 Å². The molecule has 1 saturated heterocycles. The molecule has 118 valence electrons. The fourth-order valence-electron chi connectivity index (χ4n) is 3.12. The van der Waals surface area contributed by atoms with Crippen LogP contribution >= 0.6 is 0 Å². The van der Waals surface area contributed by atoms with Crippen molar-refractivity contribution >= 4 is 9.84 Å². The van der Waals surface area contributed by atoms with Gasteiger partial charge in [-0.3, -0.25) is 0 Å².